The third-order valence-electron chi connectivity index (χ3n) is 5.13. The van der Waals surface area contributed by atoms with Crippen LogP contribution in [0.15, 0.2) is 60.7 Å². The molecule has 4 nitrogen and oxygen atoms in total. The van der Waals surface area contributed by atoms with E-state index < -0.39 is 6.10 Å². The number of piperidine rings is 1. The summed E-state index contributed by atoms with van der Waals surface area (Å²) in [6.45, 7) is 2.68. The third kappa shape index (κ3) is 6.19. The number of likely N-dealkylation sites (tertiary alicyclic amines) is 1. The summed E-state index contributed by atoms with van der Waals surface area (Å²) in [6.07, 6.45) is 3.27. The molecule has 0 bridgehead atoms. The molecule has 1 unspecified atom stereocenters. The molecule has 0 radical (unpaired) electrons. The maximum atomic E-state index is 12.4. The molecule has 2 aromatic rings. The Morgan fingerprint density at radius 3 is 2.04 bits per heavy atom. The maximum Gasteiger partial charge on any atom is 0.306 e. The fourth-order valence-corrected chi connectivity index (χ4v) is 3.71. The predicted molar refractivity (Wildman–Crippen MR) is 107 cm³/mol. The van der Waals surface area contributed by atoms with Crippen LogP contribution in [0.25, 0.3) is 0 Å². The molecule has 0 saturated carbocycles. The number of ether oxygens (including phenoxy) is 1. The first kappa shape index (κ1) is 19.6. The summed E-state index contributed by atoms with van der Waals surface area (Å²) in [5.41, 5.74) is 2.18. The minimum atomic E-state index is -0.626. The van der Waals surface area contributed by atoms with E-state index in [4.69, 9.17) is 4.74 Å². The number of esters is 1. The molecule has 0 aromatic heterocycles. The highest BCUT2D eigenvalue weighted by molar-refractivity contribution is 5.71. The number of benzene rings is 2. The Labute approximate surface area is 161 Å². The summed E-state index contributed by atoms with van der Waals surface area (Å²) in [6, 6.07) is 20.0. The molecule has 4 heteroatoms. The van der Waals surface area contributed by atoms with Gasteiger partial charge in [-0.15, -0.1) is 0 Å². The molecular weight excluding hydrogens is 338 g/mol. The maximum absolute atomic E-state index is 12.4. The minimum Gasteiger partial charge on any atom is -0.463 e. The standard InChI is InChI=1S/C23H29NO3/c25-21(17-24-14-8-3-9-15-24)18-27-23(26)16-22(19-10-4-1-5-11-19)20-12-6-2-7-13-20/h1-2,4-7,10-13,21-22,25H,3,8-9,14-18H2. The molecule has 1 fully saturated rings. The second kappa shape index (κ2) is 10.2. The molecular formula is C23H29NO3. The number of aliphatic hydroxyl groups is 1. The van der Waals surface area contributed by atoms with Crippen molar-refractivity contribution in [1.29, 1.82) is 0 Å². The minimum absolute atomic E-state index is 0.0425. The lowest BCUT2D eigenvalue weighted by molar-refractivity contribution is -0.147. The van der Waals surface area contributed by atoms with Gasteiger partial charge in [0.2, 0.25) is 0 Å². The van der Waals surface area contributed by atoms with Crippen LogP contribution in [0, 0.1) is 0 Å². The van der Waals surface area contributed by atoms with Gasteiger partial charge in [0.1, 0.15) is 12.7 Å². The fourth-order valence-electron chi connectivity index (χ4n) is 3.71. The Morgan fingerprint density at radius 1 is 0.926 bits per heavy atom. The van der Waals surface area contributed by atoms with Gasteiger partial charge >= 0.3 is 5.97 Å². The topological polar surface area (TPSA) is 49.8 Å². The van der Waals surface area contributed by atoms with Crippen molar-refractivity contribution in [3.63, 3.8) is 0 Å². The molecule has 3 rings (SSSR count). The zero-order chi connectivity index (χ0) is 18.9. The Balaban J connectivity index is 1.55. The fraction of sp³-hybridized carbons (Fsp3) is 0.435. The third-order valence-corrected chi connectivity index (χ3v) is 5.13. The smallest absolute Gasteiger partial charge is 0.306 e. The van der Waals surface area contributed by atoms with E-state index in [9.17, 15) is 9.90 Å². The Hall–Kier alpha value is -2.17. The van der Waals surface area contributed by atoms with Crippen molar-refractivity contribution in [2.75, 3.05) is 26.2 Å². The van der Waals surface area contributed by atoms with E-state index in [1.807, 2.05) is 60.7 Å². The summed E-state index contributed by atoms with van der Waals surface area (Å²) < 4.78 is 5.40. The quantitative estimate of drug-likeness (QED) is 0.725. The zero-order valence-corrected chi connectivity index (χ0v) is 15.8. The Kier molecular flexibility index (Phi) is 7.43. The largest absolute Gasteiger partial charge is 0.463 e. The van der Waals surface area contributed by atoms with Gasteiger partial charge in [-0.2, -0.15) is 0 Å². The second-order valence-corrected chi connectivity index (χ2v) is 7.28. The predicted octanol–water partition coefficient (Wildman–Crippen LogP) is 3.60. The molecule has 144 valence electrons. The van der Waals surface area contributed by atoms with Crippen LogP contribution in [0.2, 0.25) is 0 Å². The molecule has 1 atom stereocenters. The average Bonchev–Trinajstić information content (AvgIpc) is 2.72. The number of carbonyl (C=O) groups excluding carboxylic acids is 1. The first-order chi connectivity index (χ1) is 13.2. The van der Waals surface area contributed by atoms with Crippen LogP contribution in [0.4, 0.5) is 0 Å². The first-order valence-corrected chi connectivity index (χ1v) is 9.88. The second-order valence-electron chi connectivity index (χ2n) is 7.28. The molecule has 0 spiro atoms. The highest BCUT2D eigenvalue weighted by Gasteiger charge is 2.21. The summed E-state index contributed by atoms with van der Waals surface area (Å²) in [5.74, 6) is -0.315. The lowest BCUT2D eigenvalue weighted by atomic mass is 9.89. The van der Waals surface area contributed by atoms with E-state index in [2.05, 4.69) is 4.90 Å². The normalized spacial score (nSPS) is 16.2. The SMILES string of the molecule is O=C(CC(c1ccccc1)c1ccccc1)OCC(O)CN1CCCCC1. The number of aliphatic hydroxyl groups excluding tert-OH is 1. The summed E-state index contributed by atoms with van der Waals surface area (Å²) in [5, 5.41) is 10.2. The molecule has 1 N–H and O–H groups in total. The van der Waals surface area contributed by atoms with Crippen LogP contribution in [0.3, 0.4) is 0 Å². The molecule has 0 aliphatic carbocycles. The van der Waals surface area contributed by atoms with Gasteiger partial charge in [0.05, 0.1) is 6.42 Å². The highest BCUT2D eigenvalue weighted by Crippen LogP contribution is 2.28. The summed E-state index contributed by atoms with van der Waals surface area (Å²) >= 11 is 0. The monoisotopic (exact) mass is 367 g/mol. The van der Waals surface area contributed by atoms with Crippen LogP contribution < -0.4 is 0 Å². The first-order valence-electron chi connectivity index (χ1n) is 9.88. The lowest BCUT2D eigenvalue weighted by Gasteiger charge is -2.28. The van der Waals surface area contributed by atoms with Crippen LogP contribution in [-0.4, -0.2) is 48.3 Å². The van der Waals surface area contributed by atoms with Gasteiger partial charge in [-0.25, -0.2) is 0 Å². The number of hydrogen-bond donors (Lipinski definition) is 1. The van der Waals surface area contributed by atoms with Gasteiger partial charge in [0.25, 0.3) is 0 Å². The number of rotatable bonds is 8. The van der Waals surface area contributed by atoms with E-state index in [0.717, 1.165) is 24.2 Å². The number of nitrogens with zero attached hydrogens (tertiary/aromatic N) is 1. The summed E-state index contributed by atoms with van der Waals surface area (Å²) in [7, 11) is 0. The van der Waals surface area contributed by atoms with Gasteiger partial charge in [-0.05, 0) is 37.1 Å². The van der Waals surface area contributed by atoms with Crippen molar-refractivity contribution >= 4 is 5.97 Å². The van der Waals surface area contributed by atoms with Crippen LogP contribution in [-0.2, 0) is 9.53 Å². The zero-order valence-electron chi connectivity index (χ0n) is 15.8. The van der Waals surface area contributed by atoms with Crippen molar-refractivity contribution in [2.24, 2.45) is 0 Å². The molecule has 1 heterocycles. The van der Waals surface area contributed by atoms with Gasteiger partial charge in [-0.1, -0.05) is 67.1 Å². The van der Waals surface area contributed by atoms with Gasteiger partial charge in [0, 0.05) is 12.5 Å². The number of β-amino-alcohol motifs (C(OH)–C–C–N with tert-alkyl or cyclic N) is 1. The van der Waals surface area contributed by atoms with Gasteiger partial charge in [0.15, 0.2) is 0 Å². The number of hydrogen-bond acceptors (Lipinski definition) is 4. The van der Waals surface area contributed by atoms with E-state index in [-0.39, 0.29) is 24.9 Å². The van der Waals surface area contributed by atoms with Crippen LogP contribution in [0.5, 0.6) is 0 Å². The van der Waals surface area contributed by atoms with Crippen molar-refractivity contribution in [2.45, 2.75) is 37.7 Å². The Morgan fingerprint density at radius 2 is 1.48 bits per heavy atom. The van der Waals surface area contributed by atoms with Crippen molar-refractivity contribution < 1.29 is 14.6 Å². The average molecular weight is 367 g/mol. The lowest BCUT2D eigenvalue weighted by Crippen LogP contribution is -2.38. The molecule has 27 heavy (non-hydrogen) atoms. The molecule has 2 aromatic carbocycles. The highest BCUT2D eigenvalue weighted by atomic mass is 16.5. The van der Waals surface area contributed by atoms with E-state index in [1.165, 1.54) is 19.3 Å². The van der Waals surface area contributed by atoms with Gasteiger partial charge in [-0.3, -0.25) is 4.79 Å². The molecule has 0 amide bonds. The van der Waals surface area contributed by atoms with Crippen LogP contribution >= 0.6 is 0 Å². The van der Waals surface area contributed by atoms with E-state index in [1.54, 1.807) is 0 Å². The Bertz CT molecular complexity index is 644. The van der Waals surface area contributed by atoms with E-state index in [0.29, 0.717) is 6.54 Å². The van der Waals surface area contributed by atoms with Crippen molar-refractivity contribution in [3.8, 4) is 0 Å². The summed E-state index contributed by atoms with van der Waals surface area (Å²) in [4.78, 5) is 14.7. The van der Waals surface area contributed by atoms with Gasteiger partial charge < -0.3 is 14.7 Å². The number of carbonyl (C=O) groups is 1. The molecule has 1 aliphatic heterocycles. The van der Waals surface area contributed by atoms with Crippen LogP contribution in [0.1, 0.15) is 42.7 Å². The van der Waals surface area contributed by atoms with E-state index >= 15 is 0 Å². The molecule has 1 saturated heterocycles. The molecule has 1 aliphatic rings. The van der Waals surface area contributed by atoms with Crippen molar-refractivity contribution in [3.05, 3.63) is 71.8 Å². The van der Waals surface area contributed by atoms with Crippen molar-refractivity contribution in [1.82, 2.24) is 4.90 Å².